The van der Waals surface area contributed by atoms with Crippen LogP contribution in [0.1, 0.15) is 58.2 Å². The fraction of sp³-hybridized carbons (Fsp3) is 0.379. The molecule has 1 amide bonds. The standard InChI is InChI=1S/C29H37NO6/c1-8-23(21-15-12-13-20(17-21)19-30-27(33)36-28(3,4)5)26(32)29(6,7)35-24-16-11-10-14-22(24)18-25(31)34-9-2/h8,10-17,32H,1,9,18-19H2,2-7H3,(H,30,33)/b26-23-. The summed E-state index contributed by atoms with van der Waals surface area (Å²) in [5.41, 5.74) is 0.955. The number of rotatable bonds is 10. The first-order valence-corrected chi connectivity index (χ1v) is 11.9. The van der Waals surface area contributed by atoms with Crippen molar-refractivity contribution in [3.8, 4) is 5.75 Å². The van der Waals surface area contributed by atoms with Gasteiger partial charge in [0.2, 0.25) is 0 Å². The molecule has 2 aromatic carbocycles. The van der Waals surface area contributed by atoms with Crippen LogP contribution in [0, 0.1) is 0 Å². The lowest BCUT2D eigenvalue weighted by atomic mass is 9.95. The minimum atomic E-state index is -1.14. The molecule has 0 saturated carbocycles. The quantitative estimate of drug-likeness (QED) is 0.234. The van der Waals surface area contributed by atoms with Crippen molar-refractivity contribution in [2.45, 2.75) is 65.7 Å². The molecule has 0 radical (unpaired) electrons. The van der Waals surface area contributed by atoms with Crippen LogP contribution in [0.5, 0.6) is 5.75 Å². The third-order valence-electron chi connectivity index (χ3n) is 5.08. The van der Waals surface area contributed by atoms with Crippen molar-refractivity contribution in [2.75, 3.05) is 6.61 Å². The van der Waals surface area contributed by atoms with Gasteiger partial charge in [-0.05, 0) is 64.8 Å². The van der Waals surface area contributed by atoms with Crippen LogP contribution in [-0.4, -0.2) is 35.0 Å². The first kappa shape index (κ1) is 28.5. The normalized spacial score (nSPS) is 12.3. The van der Waals surface area contributed by atoms with Gasteiger partial charge in [0.1, 0.15) is 17.1 Å². The Morgan fingerprint density at radius 2 is 1.75 bits per heavy atom. The van der Waals surface area contributed by atoms with Crippen LogP contribution >= 0.6 is 0 Å². The molecule has 0 aliphatic rings. The van der Waals surface area contributed by atoms with E-state index in [1.165, 1.54) is 0 Å². The van der Waals surface area contributed by atoms with Crippen molar-refractivity contribution in [3.05, 3.63) is 83.6 Å². The van der Waals surface area contributed by atoms with Gasteiger partial charge in [-0.15, -0.1) is 0 Å². The van der Waals surface area contributed by atoms with E-state index >= 15 is 0 Å². The van der Waals surface area contributed by atoms with Gasteiger partial charge in [-0.3, -0.25) is 4.79 Å². The van der Waals surface area contributed by atoms with E-state index in [4.69, 9.17) is 14.2 Å². The van der Waals surface area contributed by atoms with Gasteiger partial charge >= 0.3 is 12.1 Å². The highest BCUT2D eigenvalue weighted by Crippen LogP contribution is 2.32. The third kappa shape index (κ3) is 8.48. The maximum Gasteiger partial charge on any atom is 0.407 e. The number of hydrogen-bond acceptors (Lipinski definition) is 6. The first-order chi connectivity index (χ1) is 16.9. The highest BCUT2D eigenvalue weighted by Gasteiger charge is 2.29. The number of carbonyl (C=O) groups excluding carboxylic acids is 2. The lowest BCUT2D eigenvalue weighted by Crippen LogP contribution is -2.32. The van der Waals surface area contributed by atoms with Crippen LogP contribution in [0.2, 0.25) is 0 Å². The summed E-state index contributed by atoms with van der Waals surface area (Å²) in [6.07, 6.45) is 1.11. The monoisotopic (exact) mass is 495 g/mol. The summed E-state index contributed by atoms with van der Waals surface area (Å²) in [6, 6.07) is 14.6. The second kappa shape index (κ2) is 12.3. The third-order valence-corrected chi connectivity index (χ3v) is 5.08. The molecule has 194 valence electrons. The van der Waals surface area contributed by atoms with Gasteiger partial charge < -0.3 is 24.6 Å². The van der Waals surface area contributed by atoms with Gasteiger partial charge in [0.15, 0.2) is 5.60 Å². The number of ether oxygens (including phenoxy) is 3. The Morgan fingerprint density at radius 3 is 2.39 bits per heavy atom. The van der Waals surface area contributed by atoms with E-state index in [0.717, 1.165) is 5.56 Å². The minimum absolute atomic E-state index is 0.0271. The maximum absolute atomic E-state index is 12.0. The van der Waals surface area contributed by atoms with E-state index in [1.54, 1.807) is 65.8 Å². The highest BCUT2D eigenvalue weighted by molar-refractivity contribution is 5.77. The van der Waals surface area contributed by atoms with E-state index in [0.29, 0.717) is 29.1 Å². The molecule has 0 fully saturated rings. The Hall–Kier alpha value is -3.74. The molecular formula is C29H37NO6. The predicted octanol–water partition coefficient (Wildman–Crippen LogP) is 6.13. The van der Waals surface area contributed by atoms with Gasteiger partial charge in [-0.25, -0.2) is 4.79 Å². The van der Waals surface area contributed by atoms with E-state index in [1.807, 2.05) is 30.3 Å². The second-order valence-corrected chi connectivity index (χ2v) is 9.72. The smallest absolute Gasteiger partial charge is 0.407 e. The fourth-order valence-corrected chi connectivity index (χ4v) is 3.45. The molecule has 0 bridgehead atoms. The summed E-state index contributed by atoms with van der Waals surface area (Å²) in [5.74, 6) is 0.0937. The summed E-state index contributed by atoms with van der Waals surface area (Å²) >= 11 is 0. The van der Waals surface area contributed by atoms with Crippen LogP contribution in [0.4, 0.5) is 4.79 Å². The van der Waals surface area contributed by atoms with E-state index in [-0.39, 0.29) is 24.7 Å². The topological polar surface area (TPSA) is 94.1 Å². The Morgan fingerprint density at radius 1 is 1.06 bits per heavy atom. The average Bonchev–Trinajstić information content (AvgIpc) is 2.78. The number of aliphatic hydroxyl groups excluding tert-OH is 1. The second-order valence-electron chi connectivity index (χ2n) is 9.72. The summed E-state index contributed by atoms with van der Waals surface area (Å²) < 4.78 is 16.5. The molecular weight excluding hydrogens is 458 g/mol. The van der Waals surface area contributed by atoms with Gasteiger partial charge in [0.05, 0.1) is 13.0 Å². The minimum Gasteiger partial charge on any atom is -0.507 e. The summed E-state index contributed by atoms with van der Waals surface area (Å²) in [7, 11) is 0. The molecule has 0 aliphatic carbocycles. The summed E-state index contributed by atoms with van der Waals surface area (Å²) in [4.78, 5) is 24.0. The molecule has 0 unspecified atom stereocenters. The molecule has 2 aromatic rings. The van der Waals surface area contributed by atoms with Crippen molar-refractivity contribution in [1.29, 1.82) is 0 Å². The van der Waals surface area contributed by atoms with E-state index in [2.05, 4.69) is 11.9 Å². The number of esters is 1. The Labute approximate surface area is 213 Å². The lowest BCUT2D eigenvalue weighted by Gasteiger charge is -2.28. The maximum atomic E-state index is 12.0. The molecule has 0 heterocycles. The number of nitrogens with one attached hydrogen (secondary N) is 1. The zero-order valence-corrected chi connectivity index (χ0v) is 22.0. The largest absolute Gasteiger partial charge is 0.507 e. The van der Waals surface area contributed by atoms with E-state index < -0.39 is 17.3 Å². The molecule has 7 heteroatoms. The average molecular weight is 496 g/mol. The lowest BCUT2D eigenvalue weighted by molar-refractivity contribution is -0.142. The van der Waals surface area contributed by atoms with Crippen molar-refractivity contribution in [2.24, 2.45) is 0 Å². The van der Waals surface area contributed by atoms with Gasteiger partial charge in [0, 0.05) is 17.7 Å². The number of aliphatic hydroxyl groups is 1. The van der Waals surface area contributed by atoms with Crippen molar-refractivity contribution < 1.29 is 28.9 Å². The number of hydrogen-bond donors (Lipinski definition) is 2. The summed E-state index contributed by atoms with van der Waals surface area (Å²) in [6.45, 7) is 15.1. The van der Waals surface area contributed by atoms with Crippen molar-refractivity contribution in [3.63, 3.8) is 0 Å². The SMILES string of the molecule is C=C/C(=C(/O)C(C)(C)Oc1ccccc1CC(=O)OCC)c1cccc(CNC(=O)OC(C)(C)C)c1. The zero-order chi connectivity index (χ0) is 26.9. The van der Waals surface area contributed by atoms with Gasteiger partial charge in [-0.1, -0.05) is 49.1 Å². The predicted molar refractivity (Wildman–Crippen MR) is 141 cm³/mol. The number of para-hydroxylation sites is 1. The number of amides is 1. The summed E-state index contributed by atoms with van der Waals surface area (Å²) in [5, 5.41) is 14.0. The van der Waals surface area contributed by atoms with E-state index in [9.17, 15) is 14.7 Å². The Kier molecular flexibility index (Phi) is 9.73. The van der Waals surface area contributed by atoms with Crippen LogP contribution < -0.4 is 10.1 Å². The molecule has 7 nitrogen and oxygen atoms in total. The van der Waals surface area contributed by atoms with Gasteiger partial charge in [-0.2, -0.15) is 0 Å². The Bertz CT molecular complexity index is 1110. The number of allylic oxidation sites excluding steroid dienone is 2. The van der Waals surface area contributed by atoms with Gasteiger partial charge in [0.25, 0.3) is 0 Å². The molecule has 2 rings (SSSR count). The number of benzene rings is 2. The number of carbonyl (C=O) groups is 2. The molecule has 0 aromatic heterocycles. The fourth-order valence-electron chi connectivity index (χ4n) is 3.45. The highest BCUT2D eigenvalue weighted by atomic mass is 16.6. The molecule has 2 N–H and O–H groups in total. The molecule has 0 saturated heterocycles. The van der Waals surface area contributed by atoms with Crippen LogP contribution in [0.15, 0.2) is 66.9 Å². The van der Waals surface area contributed by atoms with Crippen LogP contribution in [-0.2, 0) is 27.2 Å². The Balaban J connectivity index is 2.27. The zero-order valence-electron chi connectivity index (χ0n) is 22.0. The number of alkyl carbamates (subject to hydrolysis) is 1. The first-order valence-electron chi connectivity index (χ1n) is 11.9. The molecule has 0 spiro atoms. The molecule has 36 heavy (non-hydrogen) atoms. The van der Waals surface area contributed by atoms with Crippen LogP contribution in [0.3, 0.4) is 0 Å². The van der Waals surface area contributed by atoms with Crippen molar-refractivity contribution in [1.82, 2.24) is 5.32 Å². The molecule has 0 atom stereocenters. The van der Waals surface area contributed by atoms with Crippen molar-refractivity contribution >= 4 is 17.6 Å². The van der Waals surface area contributed by atoms with Crippen LogP contribution in [0.25, 0.3) is 5.57 Å². The molecule has 0 aliphatic heterocycles.